The molecule has 6 nitrogen and oxygen atoms in total. The van der Waals surface area contributed by atoms with Gasteiger partial charge in [-0.2, -0.15) is 0 Å². The van der Waals surface area contributed by atoms with Gasteiger partial charge in [0.1, 0.15) is 4.83 Å². The zero-order valence-corrected chi connectivity index (χ0v) is 18.5. The molecule has 2 unspecified atom stereocenters. The molecule has 162 valence electrons. The van der Waals surface area contributed by atoms with Crippen LogP contribution in [0.1, 0.15) is 57.8 Å². The van der Waals surface area contributed by atoms with Gasteiger partial charge < -0.3 is 14.8 Å². The van der Waals surface area contributed by atoms with Gasteiger partial charge in [-0.25, -0.2) is 9.78 Å². The van der Waals surface area contributed by atoms with Crippen molar-refractivity contribution in [1.29, 1.82) is 0 Å². The number of pyridine rings is 1. The van der Waals surface area contributed by atoms with E-state index in [2.05, 4.69) is 15.2 Å². The van der Waals surface area contributed by atoms with Crippen LogP contribution in [-0.4, -0.2) is 47.8 Å². The van der Waals surface area contributed by atoms with E-state index < -0.39 is 0 Å². The quantitative estimate of drug-likeness (QED) is 0.727. The molecule has 4 heterocycles. The van der Waals surface area contributed by atoms with Gasteiger partial charge in [0.25, 0.3) is 0 Å². The van der Waals surface area contributed by atoms with E-state index in [1.54, 1.807) is 13.3 Å². The largest absolute Gasteiger partial charge is 0.491 e. The van der Waals surface area contributed by atoms with Crippen molar-refractivity contribution in [2.75, 3.05) is 13.7 Å². The van der Waals surface area contributed by atoms with Gasteiger partial charge in [-0.15, -0.1) is 0 Å². The van der Waals surface area contributed by atoms with Crippen LogP contribution in [0.25, 0.3) is 10.2 Å². The molecule has 2 saturated heterocycles. The van der Waals surface area contributed by atoms with Crippen LogP contribution in [0.2, 0.25) is 0 Å². The van der Waals surface area contributed by atoms with Crippen LogP contribution >= 0.6 is 11.3 Å². The Balaban J connectivity index is 1.19. The summed E-state index contributed by atoms with van der Waals surface area (Å²) in [5.41, 5.74) is 0. The average molecular weight is 430 g/mol. The molecule has 1 N–H and O–H groups in total. The Morgan fingerprint density at radius 2 is 1.97 bits per heavy atom. The second-order valence-electron chi connectivity index (χ2n) is 9.07. The highest BCUT2D eigenvalue weighted by Crippen LogP contribution is 2.43. The molecule has 2 aromatic heterocycles. The number of ether oxygens (including phenoxy) is 2. The zero-order valence-electron chi connectivity index (χ0n) is 17.6. The van der Waals surface area contributed by atoms with Crippen LogP contribution in [0.4, 0.5) is 4.79 Å². The summed E-state index contributed by atoms with van der Waals surface area (Å²) in [4.78, 5) is 20.6. The summed E-state index contributed by atoms with van der Waals surface area (Å²) in [5.74, 6) is 1.46. The van der Waals surface area contributed by atoms with Gasteiger partial charge >= 0.3 is 6.09 Å². The van der Waals surface area contributed by atoms with Gasteiger partial charge in [0, 0.05) is 30.9 Å². The van der Waals surface area contributed by atoms with Crippen molar-refractivity contribution >= 4 is 27.6 Å². The van der Waals surface area contributed by atoms with Crippen LogP contribution in [-0.2, 0) is 0 Å². The standard InChI is InChI=1S/C23H31N3O3S/c1-28-20-19-8-5-11-24-21(19)30-22(20)29-23(27)25-16-12-17-9-10-18(13-16)26(17)14-15-6-3-2-4-7-15/h5,8,11,15-18H,2-4,6-7,9-10,12-14H2,1H3,(H,25,27). The third-order valence-corrected chi connectivity index (χ3v) is 8.15. The van der Waals surface area contributed by atoms with Gasteiger partial charge in [-0.05, 0) is 56.6 Å². The first-order valence-electron chi connectivity index (χ1n) is 11.4. The van der Waals surface area contributed by atoms with Gasteiger partial charge in [-0.1, -0.05) is 30.6 Å². The second-order valence-corrected chi connectivity index (χ2v) is 10.0. The number of hydrogen-bond donors (Lipinski definition) is 1. The van der Waals surface area contributed by atoms with Crippen LogP contribution in [0.3, 0.4) is 0 Å². The van der Waals surface area contributed by atoms with Crippen molar-refractivity contribution in [2.24, 2.45) is 5.92 Å². The molecule has 30 heavy (non-hydrogen) atoms. The summed E-state index contributed by atoms with van der Waals surface area (Å²) in [5, 5.41) is 4.48. The van der Waals surface area contributed by atoms with E-state index in [1.165, 1.54) is 62.8 Å². The zero-order chi connectivity index (χ0) is 20.5. The molecule has 3 fully saturated rings. The van der Waals surface area contributed by atoms with E-state index in [4.69, 9.17) is 9.47 Å². The molecular formula is C23H31N3O3S. The molecule has 7 heteroatoms. The highest BCUT2D eigenvalue weighted by atomic mass is 32.1. The Morgan fingerprint density at radius 1 is 1.20 bits per heavy atom. The summed E-state index contributed by atoms with van der Waals surface area (Å²) < 4.78 is 11.1. The number of rotatable bonds is 5. The normalized spacial score (nSPS) is 27.3. The number of fused-ring (bicyclic) bond motifs is 3. The van der Waals surface area contributed by atoms with Crippen molar-refractivity contribution < 1.29 is 14.3 Å². The lowest BCUT2D eigenvalue weighted by Gasteiger charge is -2.41. The number of nitrogens with one attached hydrogen (secondary N) is 1. The lowest BCUT2D eigenvalue weighted by molar-refractivity contribution is 0.0879. The fourth-order valence-corrected chi connectivity index (χ4v) is 6.75. The van der Waals surface area contributed by atoms with Crippen LogP contribution < -0.4 is 14.8 Å². The number of aromatic nitrogens is 1. The number of carbonyl (C=O) groups excluding carboxylic acids is 1. The van der Waals surface area contributed by atoms with Crippen molar-refractivity contribution in [3.63, 3.8) is 0 Å². The third-order valence-electron chi connectivity index (χ3n) is 7.18. The number of piperidine rings is 1. The monoisotopic (exact) mass is 429 g/mol. The lowest BCUT2D eigenvalue weighted by atomic mass is 9.87. The lowest BCUT2D eigenvalue weighted by Crippen LogP contribution is -2.52. The number of methoxy groups -OCH3 is 1. The first kappa shape index (κ1) is 20.1. The highest BCUT2D eigenvalue weighted by Gasteiger charge is 2.42. The topological polar surface area (TPSA) is 63.7 Å². The number of thiophene rings is 1. The fraction of sp³-hybridized carbons (Fsp3) is 0.652. The predicted octanol–water partition coefficient (Wildman–Crippen LogP) is 4.97. The van der Waals surface area contributed by atoms with E-state index in [0.29, 0.717) is 22.9 Å². The van der Waals surface area contributed by atoms with Crippen LogP contribution in [0.15, 0.2) is 18.3 Å². The van der Waals surface area contributed by atoms with Gasteiger partial charge in [0.2, 0.25) is 5.06 Å². The Morgan fingerprint density at radius 3 is 2.70 bits per heavy atom. The van der Waals surface area contributed by atoms with E-state index in [0.717, 1.165) is 29.0 Å². The van der Waals surface area contributed by atoms with E-state index in [1.807, 2.05) is 12.1 Å². The predicted molar refractivity (Wildman–Crippen MR) is 118 cm³/mol. The molecule has 1 aliphatic carbocycles. The summed E-state index contributed by atoms with van der Waals surface area (Å²) >= 11 is 1.34. The van der Waals surface area contributed by atoms with Crippen LogP contribution in [0, 0.1) is 5.92 Å². The molecular weight excluding hydrogens is 398 g/mol. The summed E-state index contributed by atoms with van der Waals surface area (Å²) in [6, 6.07) is 5.20. The van der Waals surface area contributed by atoms with Gasteiger partial charge in [0.15, 0.2) is 5.75 Å². The van der Waals surface area contributed by atoms with Crippen molar-refractivity contribution in [3.05, 3.63) is 18.3 Å². The minimum atomic E-state index is -0.384. The molecule has 2 atom stereocenters. The number of nitrogens with zero attached hydrogens (tertiary/aromatic N) is 2. The molecule has 5 rings (SSSR count). The first-order chi connectivity index (χ1) is 14.7. The highest BCUT2D eigenvalue weighted by molar-refractivity contribution is 7.20. The number of hydrogen-bond acceptors (Lipinski definition) is 6. The molecule has 2 aliphatic heterocycles. The van der Waals surface area contributed by atoms with E-state index in [9.17, 15) is 4.79 Å². The SMILES string of the molecule is COc1c(OC(=O)NC2CC3CCC(C2)N3CC2CCCCC2)sc2ncccc12. The van der Waals surface area contributed by atoms with Crippen molar-refractivity contribution in [1.82, 2.24) is 15.2 Å². The smallest absolute Gasteiger partial charge is 0.413 e. The minimum absolute atomic E-state index is 0.191. The van der Waals surface area contributed by atoms with Crippen molar-refractivity contribution in [3.8, 4) is 10.8 Å². The summed E-state index contributed by atoms with van der Waals surface area (Å²) in [7, 11) is 1.60. The maximum Gasteiger partial charge on any atom is 0.413 e. The molecule has 0 aromatic carbocycles. The number of carbonyl (C=O) groups is 1. The van der Waals surface area contributed by atoms with Gasteiger partial charge in [-0.3, -0.25) is 4.90 Å². The first-order valence-corrected chi connectivity index (χ1v) is 12.2. The third kappa shape index (κ3) is 4.02. The molecule has 3 aliphatic rings. The Kier molecular flexibility index (Phi) is 5.83. The van der Waals surface area contributed by atoms with Crippen LogP contribution in [0.5, 0.6) is 10.8 Å². The van der Waals surface area contributed by atoms with Crippen molar-refractivity contribution in [2.45, 2.75) is 75.9 Å². The maximum atomic E-state index is 12.6. The fourth-order valence-electron chi connectivity index (χ4n) is 5.79. The molecule has 2 bridgehead atoms. The van der Waals surface area contributed by atoms with E-state index >= 15 is 0 Å². The Bertz CT molecular complexity index is 881. The second kappa shape index (κ2) is 8.71. The molecule has 1 saturated carbocycles. The Labute approximate surface area is 181 Å². The summed E-state index contributed by atoms with van der Waals surface area (Å²) in [6.07, 6.45) is 13.0. The average Bonchev–Trinajstić information content (AvgIpc) is 3.21. The molecule has 0 radical (unpaired) electrons. The van der Waals surface area contributed by atoms with Gasteiger partial charge in [0.05, 0.1) is 12.5 Å². The Hall–Kier alpha value is -1.86. The maximum absolute atomic E-state index is 12.6. The van der Waals surface area contributed by atoms with E-state index in [-0.39, 0.29) is 12.1 Å². The molecule has 2 aromatic rings. The minimum Gasteiger partial charge on any atom is -0.491 e. The summed E-state index contributed by atoms with van der Waals surface area (Å²) in [6.45, 7) is 1.26. The molecule has 1 amide bonds. The molecule has 0 spiro atoms. The number of amides is 1.